The minimum Gasteiger partial charge on any atom is -0.359 e. The molecule has 0 spiro atoms. The first-order chi connectivity index (χ1) is 12.6. The standard InChI is InChI=1S/C19H23N5OS/c1-4-14(2)26-19-21-10-15(11-22-19)12-24(3)13-16-9-18(23-25-16)17-7-5-6-8-20-17/h5-11,14H,4,12-13H2,1-3H3/t14-/m0/s1. The average molecular weight is 369 g/mol. The van der Waals surface area contributed by atoms with E-state index in [1.54, 1.807) is 18.0 Å². The molecular formula is C19H23N5OS. The Morgan fingerprint density at radius 3 is 2.62 bits per heavy atom. The molecule has 7 heteroatoms. The minimum atomic E-state index is 0.531. The zero-order chi connectivity index (χ0) is 18.4. The molecule has 0 saturated heterocycles. The van der Waals surface area contributed by atoms with Gasteiger partial charge in [-0.25, -0.2) is 9.97 Å². The molecule has 0 amide bonds. The lowest BCUT2D eigenvalue weighted by Gasteiger charge is -2.14. The number of nitrogens with zero attached hydrogens (tertiary/aromatic N) is 5. The molecule has 0 bridgehead atoms. The summed E-state index contributed by atoms with van der Waals surface area (Å²) in [6.45, 7) is 5.76. The van der Waals surface area contributed by atoms with Crippen LogP contribution < -0.4 is 0 Å². The van der Waals surface area contributed by atoms with E-state index in [-0.39, 0.29) is 0 Å². The quantitative estimate of drug-likeness (QED) is 0.438. The van der Waals surface area contributed by atoms with E-state index in [4.69, 9.17) is 4.52 Å². The Bertz CT molecular complexity index is 806. The zero-order valence-electron chi connectivity index (χ0n) is 15.3. The van der Waals surface area contributed by atoms with Gasteiger partial charge in [0, 0.05) is 42.0 Å². The van der Waals surface area contributed by atoms with Crippen LogP contribution in [0.2, 0.25) is 0 Å². The summed E-state index contributed by atoms with van der Waals surface area (Å²) in [5, 5.41) is 5.47. The Morgan fingerprint density at radius 1 is 1.12 bits per heavy atom. The van der Waals surface area contributed by atoms with Crippen LogP contribution in [-0.2, 0) is 13.1 Å². The predicted molar refractivity (Wildman–Crippen MR) is 103 cm³/mol. The van der Waals surface area contributed by atoms with Crippen LogP contribution >= 0.6 is 11.8 Å². The average Bonchev–Trinajstić information content (AvgIpc) is 3.12. The smallest absolute Gasteiger partial charge is 0.187 e. The fourth-order valence-corrected chi connectivity index (χ4v) is 3.16. The van der Waals surface area contributed by atoms with Gasteiger partial charge in [-0.3, -0.25) is 9.88 Å². The van der Waals surface area contributed by atoms with E-state index in [1.165, 1.54) is 0 Å². The van der Waals surface area contributed by atoms with Gasteiger partial charge in [-0.2, -0.15) is 0 Å². The third-order valence-electron chi connectivity index (χ3n) is 3.93. The van der Waals surface area contributed by atoms with E-state index < -0.39 is 0 Å². The van der Waals surface area contributed by atoms with E-state index in [2.05, 4.69) is 38.9 Å². The Balaban J connectivity index is 1.56. The van der Waals surface area contributed by atoms with E-state index in [1.807, 2.05) is 43.7 Å². The molecule has 0 aliphatic heterocycles. The van der Waals surface area contributed by atoms with E-state index >= 15 is 0 Å². The second-order valence-electron chi connectivity index (χ2n) is 6.28. The minimum absolute atomic E-state index is 0.531. The lowest BCUT2D eigenvalue weighted by atomic mass is 10.2. The third-order valence-corrected chi connectivity index (χ3v) is 5.08. The van der Waals surface area contributed by atoms with Gasteiger partial charge < -0.3 is 4.52 Å². The first-order valence-corrected chi connectivity index (χ1v) is 9.55. The third kappa shape index (κ3) is 5.12. The molecule has 0 fully saturated rings. The molecule has 26 heavy (non-hydrogen) atoms. The van der Waals surface area contributed by atoms with Gasteiger partial charge in [0.2, 0.25) is 0 Å². The van der Waals surface area contributed by atoms with E-state index in [0.717, 1.165) is 40.8 Å². The van der Waals surface area contributed by atoms with E-state index in [0.29, 0.717) is 11.8 Å². The molecule has 3 heterocycles. The van der Waals surface area contributed by atoms with Crippen LogP contribution in [0.1, 0.15) is 31.6 Å². The lowest BCUT2D eigenvalue weighted by Crippen LogP contribution is -2.17. The molecule has 0 N–H and O–H groups in total. The summed E-state index contributed by atoms with van der Waals surface area (Å²) in [6, 6.07) is 7.67. The second kappa shape index (κ2) is 8.91. The van der Waals surface area contributed by atoms with Gasteiger partial charge >= 0.3 is 0 Å². The van der Waals surface area contributed by atoms with Crippen molar-refractivity contribution in [1.29, 1.82) is 0 Å². The number of aromatic nitrogens is 4. The fourth-order valence-electron chi connectivity index (χ4n) is 2.40. The molecule has 3 aromatic heterocycles. The van der Waals surface area contributed by atoms with Crippen molar-refractivity contribution < 1.29 is 4.52 Å². The maximum Gasteiger partial charge on any atom is 0.187 e. The molecule has 0 aromatic carbocycles. The molecule has 0 aliphatic carbocycles. The first kappa shape index (κ1) is 18.5. The van der Waals surface area contributed by atoms with Crippen LogP contribution in [0, 0.1) is 0 Å². The summed E-state index contributed by atoms with van der Waals surface area (Å²) in [7, 11) is 2.03. The topological polar surface area (TPSA) is 67.9 Å². The predicted octanol–water partition coefficient (Wildman–Crippen LogP) is 4.05. The van der Waals surface area contributed by atoms with Gasteiger partial charge in [0.25, 0.3) is 0 Å². The van der Waals surface area contributed by atoms with Crippen molar-refractivity contribution in [2.45, 2.75) is 43.8 Å². The maximum absolute atomic E-state index is 5.44. The Kier molecular flexibility index (Phi) is 6.35. The van der Waals surface area contributed by atoms with Crippen molar-refractivity contribution in [2.75, 3.05) is 7.05 Å². The van der Waals surface area contributed by atoms with Crippen LogP contribution in [0.3, 0.4) is 0 Å². The number of pyridine rings is 1. The van der Waals surface area contributed by atoms with Gasteiger partial charge in [-0.1, -0.05) is 36.8 Å². The van der Waals surface area contributed by atoms with Gasteiger partial charge in [0.1, 0.15) is 5.69 Å². The summed E-state index contributed by atoms with van der Waals surface area (Å²) in [6.07, 6.45) is 6.65. The molecule has 136 valence electrons. The number of rotatable bonds is 8. The Labute approximate surface area is 158 Å². The molecule has 0 aliphatic rings. The van der Waals surface area contributed by atoms with Gasteiger partial charge in [0.05, 0.1) is 12.2 Å². The zero-order valence-corrected chi connectivity index (χ0v) is 16.1. The van der Waals surface area contributed by atoms with Gasteiger partial charge in [-0.05, 0) is 25.6 Å². The van der Waals surface area contributed by atoms with Crippen molar-refractivity contribution >= 4 is 11.8 Å². The Morgan fingerprint density at radius 2 is 1.92 bits per heavy atom. The molecule has 0 unspecified atom stereocenters. The highest BCUT2D eigenvalue weighted by molar-refractivity contribution is 7.99. The number of hydrogen-bond acceptors (Lipinski definition) is 7. The first-order valence-electron chi connectivity index (χ1n) is 8.67. The number of thioether (sulfide) groups is 1. The molecule has 6 nitrogen and oxygen atoms in total. The van der Waals surface area contributed by atoms with Crippen molar-refractivity contribution in [3.63, 3.8) is 0 Å². The molecule has 3 aromatic rings. The van der Waals surface area contributed by atoms with Gasteiger partial charge in [0.15, 0.2) is 10.9 Å². The van der Waals surface area contributed by atoms with E-state index in [9.17, 15) is 0 Å². The highest BCUT2D eigenvalue weighted by atomic mass is 32.2. The summed E-state index contributed by atoms with van der Waals surface area (Å²) >= 11 is 1.71. The van der Waals surface area contributed by atoms with Crippen LogP contribution in [-0.4, -0.2) is 37.3 Å². The summed E-state index contributed by atoms with van der Waals surface area (Å²) in [4.78, 5) is 15.3. The van der Waals surface area contributed by atoms with Crippen LogP contribution in [0.5, 0.6) is 0 Å². The molecule has 3 rings (SSSR count). The monoisotopic (exact) mass is 369 g/mol. The number of hydrogen-bond donors (Lipinski definition) is 0. The van der Waals surface area contributed by atoms with Crippen molar-refractivity contribution in [3.8, 4) is 11.4 Å². The molecule has 0 saturated carbocycles. The largest absolute Gasteiger partial charge is 0.359 e. The SMILES string of the molecule is CC[C@H](C)Sc1ncc(CN(C)Cc2cc(-c3ccccn3)no2)cn1. The van der Waals surface area contributed by atoms with Crippen LogP contribution in [0.15, 0.2) is 52.5 Å². The normalized spacial score (nSPS) is 12.5. The summed E-state index contributed by atoms with van der Waals surface area (Å²) in [5.74, 6) is 0.804. The highest BCUT2D eigenvalue weighted by Crippen LogP contribution is 2.21. The maximum atomic E-state index is 5.44. The Hall–Kier alpha value is -2.25. The second-order valence-corrected chi connectivity index (χ2v) is 7.68. The van der Waals surface area contributed by atoms with Gasteiger partial charge in [-0.15, -0.1) is 0 Å². The molecule has 0 radical (unpaired) electrons. The van der Waals surface area contributed by atoms with Crippen LogP contribution in [0.25, 0.3) is 11.4 Å². The van der Waals surface area contributed by atoms with Crippen molar-refractivity contribution in [1.82, 2.24) is 25.0 Å². The molecular weight excluding hydrogens is 346 g/mol. The summed E-state index contributed by atoms with van der Waals surface area (Å²) in [5.41, 5.74) is 2.64. The lowest BCUT2D eigenvalue weighted by molar-refractivity contribution is 0.266. The summed E-state index contributed by atoms with van der Waals surface area (Å²) < 4.78 is 5.44. The van der Waals surface area contributed by atoms with Crippen molar-refractivity contribution in [3.05, 3.63) is 54.2 Å². The highest BCUT2D eigenvalue weighted by Gasteiger charge is 2.11. The van der Waals surface area contributed by atoms with Crippen molar-refractivity contribution in [2.24, 2.45) is 0 Å². The van der Waals surface area contributed by atoms with Crippen LogP contribution in [0.4, 0.5) is 0 Å². The molecule has 1 atom stereocenters. The fraction of sp³-hybridized carbons (Fsp3) is 0.368.